The van der Waals surface area contributed by atoms with Gasteiger partial charge >= 0.3 is 12.4 Å². The Hall–Kier alpha value is -3.62. The van der Waals surface area contributed by atoms with Crippen LogP contribution in [0.1, 0.15) is 28.4 Å². The average Bonchev–Trinajstić information content (AvgIpc) is 2.74. The Morgan fingerprint density at radius 2 is 1.71 bits per heavy atom. The van der Waals surface area contributed by atoms with Gasteiger partial charge < -0.3 is 19.1 Å². The number of hydrogen-bond acceptors (Lipinski definition) is 5. The first-order chi connectivity index (χ1) is 15.8. The average molecular weight is 488 g/mol. The number of hydrogen-bond donors (Lipinski definition) is 0. The van der Waals surface area contributed by atoms with Crippen molar-refractivity contribution in [3.8, 4) is 23.3 Å². The second-order valence-corrected chi connectivity index (χ2v) is 7.41. The van der Waals surface area contributed by atoms with E-state index in [1.807, 2.05) is 0 Å². The highest BCUT2D eigenvalue weighted by Gasteiger charge is 2.41. The molecule has 0 radical (unpaired) electrons. The van der Waals surface area contributed by atoms with Gasteiger partial charge in [0.15, 0.2) is 11.9 Å². The van der Waals surface area contributed by atoms with E-state index >= 15 is 0 Å². The fraction of sp³-hybridized carbons (Fsp3) is 0.364. The standard InChI is InChI=1S/C22H18F6N2O4/c1-12(21(23,24)25)33-17-8-3-13(9-29)19(32-2)18(17)20(31)30-10-16(11-30)34-15-6-4-14(5-7-15)22(26,27)28/h3-8,12,16H,10-11H2,1-2H3/t12-/m0/s1. The van der Waals surface area contributed by atoms with Gasteiger partial charge in [0, 0.05) is 0 Å². The van der Waals surface area contributed by atoms with Crippen molar-refractivity contribution in [1.29, 1.82) is 5.26 Å². The van der Waals surface area contributed by atoms with E-state index in [1.54, 1.807) is 6.07 Å². The lowest BCUT2D eigenvalue weighted by molar-refractivity contribution is -0.189. The molecule has 0 saturated carbocycles. The van der Waals surface area contributed by atoms with Crippen molar-refractivity contribution < 1.29 is 45.3 Å². The zero-order valence-electron chi connectivity index (χ0n) is 17.8. The Morgan fingerprint density at radius 1 is 1.09 bits per heavy atom. The first-order valence-electron chi connectivity index (χ1n) is 9.82. The maximum atomic E-state index is 13.1. The van der Waals surface area contributed by atoms with E-state index in [-0.39, 0.29) is 35.7 Å². The third-order valence-corrected chi connectivity index (χ3v) is 5.04. The summed E-state index contributed by atoms with van der Waals surface area (Å²) in [5.74, 6) is -1.22. The number of carbonyl (C=O) groups is 1. The zero-order valence-corrected chi connectivity index (χ0v) is 17.8. The molecule has 0 bridgehead atoms. The molecular weight excluding hydrogens is 470 g/mol. The molecule has 1 amide bonds. The lowest BCUT2D eigenvalue weighted by Gasteiger charge is -2.39. The summed E-state index contributed by atoms with van der Waals surface area (Å²) in [6.45, 7) is 0.790. The summed E-state index contributed by atoms with van der Waals surface area (Å²) >= 11 is 0. The van der Waals surface area contributed by atoms with Gasteiger partial charge in [0.05, 0.1) is 31.3 Å². The quantitative estimate of drug-likeness (QED) is 0.546. The summed E-state index contributed by atoms with van der Waals surface area (Å²) in [6.07, 6.45) is -12.0. The van der Waals surface area contributed by atoms with Crippen LogP contribution in [-0.2, 0) is 6.18 Å². The van der Waals surface area contributed by atoms with Gasteiger partial charge in [-0.25, -0.2) is 0 Å². The number of rotatable bonds is 6. The van der Waals surface area contributed by atoms with Gasteiger partial charge in [-0.1, -0.05) is 0 Å². The number of methoxy groups -OCH3 is 1. The molecule has 12 heteroatoms. The third kappa shape index (κ3) is 5.30. The highest BCUT2D eigenvalue weighted by Crippen LogP contribution is 2.37. The van der Waals surface area contributed by atoms with Crippen molar-refractivity contribution in [1.82, 2.24) is 4.90 Å². The molecule has 1 atom stereocenters. The molecule has 6 nitrogen and oxygen atoms in total. The van der Waals surface area contributed by atoms with E-state index in [0.29, 0.717) is 0 Å². The van der Waals surface area contributed by atoms with Crippen LogP contribution in [0.15, 0.2) is 36.4 Å². The van der Waals surface area contributed by atoms with Crippen LogP contribution in [0.25, 0.3) is 0 Å². The van der Waals surface area contributed by atoms with Gasteiger partial charge in [-0.3, -0.25) is 4.79 Å². The highest BCUT2D eigenvalue weighted by molar-refractivity contribution is 6.01. The summed E-state index contributed by atoms with van der Waals surface area (Å²) in [5.41, 5.74) is -1.25. The molecule has 0 aromatic heterocycles. The van der Waals surface area contributed by atoms with Crippen molar-refractivity contribution >= 4 is 5.91 Å². The van der Waals surface area contributed by atoms with Crippen molar-refractivity contribution in [2.24, 2.45) is 0 Å². The Bertz CT molecular complexity index is 1090. The number of carbonyl (C=O) groups excluding carboxylic acids is 1. The molecule has 0 aliphatic carbocycles. The van der Waals surface area contributed by atoms with Gasteiger partial charge in [0.25, 0.3) is 5.91 Å². The fourth-order valence-corrected chi connectivity index (χ4v) is 3.17. The molecule has 1 aliphatic rings. The monoisotopic (exact) mass is 488 g/mol. The predicted octanol–water partition coefficient (Wildman–Crippen LogP) is 4.82. The summed E-state index contributed by atoms with van der Waals surface area (Å²) in [4.78, 5) is 14.3. The number of amides is 1. The first-order valence-corrected chi connectivity index (χ1v) is 9.82. The number of likely N-dealkylation sites (tertiary alicyclic amines) is 1. The minimum absolute atomic E-state index is 0.00799. The molecule has 0 unspecified atom stereocenters. The van der Waals surface area contributed by atoms with Crippen molar-refractivity contribution in [2.45, 2.75) is 31.5 Å². The summed E-state index contributed by atoms with van der Waals surface area (Å²) in [5, 5.41) is 9.28. The van der Waals surface area contributed by atoms with Crippen molar-refractivity contribution in [3.05, 3.63) is 53.1 Å². The minimum Gasteiger partial charge on any atom is -0.494 e. The Kier molecular flexibility index (Phi) is 6.86. The lowest BCUT2D eigenvalue weighted by Crippen LogP contribution is -2.56. The molecule has 2 aromatic carbocycles. The highest BCUT2D eigenvalue weighted by atomic mass is 19.4. The SMILES string of the molecule is COc1c(C#N)ccc(O[C@@H](C)C(F)(F)F)c1C(=O)N1CC(Oc2ccc(C(F)(F)F)cc2)C1. The van der Waals surface area contributed by atoms with Gasteiger partial charge in [0.2, 0.25) is 0 Å². The molecular formula is C22H18F6N2O4. The number of benzene rings is 2. The number of halogens is 6. The molecule has 2 aromatic rings. The molecule has 0 N–H and O–H groups in total. The van der Waals surface area contributed by atoms with E-state index < -0.39 is 41.8 Å². The normalized spacial score (nSPS) is 15.2. The third-order valence-electron chi connectivity index (χ3n) is 5.04. The second kappa shape index (κ2) is 9.32. The Balaban J connectivity index is 1.76. The van der Waals surface area contributed by atoms with Crippen LogP contribution >= 0.6 is 0 Å². The van der Waals surface area contributed by atoms with Gasteiger partial charge in [0.1, 0.15) is 29.2 Å². The zero-order chi connectivity index (χ0) is 25.3. The molecule has 182 valence electrons. The van der Waals surface area contributed by atoms with E-state index in [2.05, 4.69) is 0 Å². The van der Waals surface area contributed by atoms with Crippen molar-refractivity contribution in [2.75, 3.05) is 20.2 Å². The summed E-state index contributed by atoms with van der Waals surface area (Å²) in [6, 6.07) is 8.10. The van der Waals surface area contributed by atoms with Crippen molar-refractivity contribution in [3.63, 3.8) is 0 Å². The number of ether oxygens (including phenoxy) is 3. The van der Waals surface area contributed by atoms with Crippen LogP contribution in [0.3, 0.4) is 0 Å². The molecule has 34 heavy (non-hydrogen) atoms. The van der Waals surface area contributed by atoms with Gasteiger partial charge in [-0.15, -0.1) is 0 Å². The largest absolute Gasteiger partial charge is 0.494 e. The molecule has 3 rings (SSSR count). The van der Waals surface area contributed by atoms with E-state index in [9.17, 15) is 36.4 Å². The van der Waals surface area contributed by atoms with Gasteiger partial charge in [-0.2, -0.15) is 31.6 Å². The molecule has 1 saturated heterocycles. The van der Waals surface area contributed by atoms with Crippen LogP contribution < -0.4 is 14.2 Å². The molecule has 1 heterocycles. The smallest absolute Gasteiger partial charge is 0.425 e. The molecule has 0 spiro atoms. The van der Waals surface area contributed by atoms with Crippen LogP contribution in [0.2, 0.25) is 0 Å². The van der Waals surface area contributed by atoms with Crippen LogP contribution in [0.5, 0.6) is 17.2 Å². The van der Waals surface area contributed by atoms with E-state index in [0.717, 1.165) is 44.4 Å². The maximum Gasteiger partial charge on any atom is 0.425 e. The molecule has 1 fully saturated rings. The molecule has 1 aliphatic heterocycles. The van der Waals surface area contributed by atoms with Crippen LogP contribution in [-0.4, -0.2) is 49.4 Å². The Labute approximate surface area is 190 Å². The number of alkyl halides is 6. The minimum atomic E-state index is -4.70. The first kappa shape index (κ1) is 25.0. The topological polar surface area (TPSA) is 71.8 Å². The summed E-state index contributed by atoms with van der Waals surface area (Å²) < 4.78 is 92.6. The number of nitrogens with zero attached hydrogens (tertiary/aromatic N) is 2. The fourth-order valence-electron chi connectivity index (χ4n) is 3.17. The van der Waals surface area contributed by atoms with Crippen LogP contribution in [0.4, 0.5) is 26.3 Å². The van der Waals surface area contributed by atoms with Crippen LogP contribution in [0, 0.1) is 11.3 Å². The van der Waals surface area contributed by atoms with E-state index in [1.165, 1.54) is 11.0 Å². The second-order valence-electron chi connectivity index (χ2n) is 7.41. The maximum absolute atomic E-state index is 13.1. The van der Waals surface area contributed by atoms with Gasteiger partial charge in [-0.05, 0) is 43.3 Å². The summed E-state index contributed by atoms with van der Waals surface area (Å²) in [7, 11) is 1.16. The lowest BCUT2D eigenvalue weighted by atomic mass is 10.0. The Morgan fingerprint density at radius 3 is 2.21 bits per heavy atom. The predicted molar refractivity (Wildman–Crippen MR) is 106 cm³/mol. The van der Waals surface area contributed by atoms with E-state index in [4.69, 9.17) is 14.2 Å². The number of nitriles is 1.